The molecule has 1 N–H and O–H groups in total. The van der Waals surface area contributed by atoms with E-state index in [4.69, 9.17) is 12.2 Å². The highest BCUT2D eigenvalue weighted by Crippen LogP contribution is 2.00. The summed E-state index contributed by atoms with van der Waals surface area (Å²) in [6.45, 7) is 5.05. The molecule has 0 saturated heterocycles. The Morgan fingerprint density at radius 3 is 2.56 bits per heavy atom. The van der Waals surface area contributed by atoms with Crippen LogP contribution >= 0.6 is 12.2 Å². The SMILES string of the molecule is CC(C)=CCCC(=S)NCc1ccccc1. The van der Waals surface area contributed by atoms with Gasteiger partial charge in [-0.15, -0.1) is 0 Å². The predicted octanol–water partition coefficient (Wildman–Crippen LogP) is 3.85. The van der Waals surface area contributed by atoms with E-state index in [9.17, 15) is 0 Å². The molecule has 0 aliphatic heterocycles. The Kier molecular flexibility index (Phi) is 5.79. The van der Waals surface area contributed by atoms with Crippen molar-refractivity contribution in [2.75, 3.05) is 0 Å². The second-order valence-corrected chi connectivity index (χ2v) is 4.58. The highest BCUT2D eigenvalue weighted by atomic mass is 32.1. The summed E-state index contributed by atoms with van der Waals surface area (Å²) in [4.78, 5) is 0.946. The van der Waals surface area contributed by atoms with Crippen molar-refractivity contribution < 1.29 is 0 Å². The minimum Gasteiger partial charge on any atom is -0.376 e. The first-order valence-electron chi connectivity index (χ1n) is 5.62. The summed E-state index contributed by atoms with van der Waals surface area (Å²) in [5, 5.41) is 3.27. The molecule has 0 amide bonds. The Labute approximate surface area is 104 Å². The fourth-order valence-electron chi connectivity index (χ4n) is 1.38. The Bertz CT molecular complexity index is 350. The molecule has 16 heavy (non-hydrogen) atoms. The number of hydrogen-bond donors (Lipinski definition) is 1. The molecule has 0 saturated carbocycles. The van der Waals surface area contributed by atoms with Crippen molar-refractivity contribution in [3.8, 4) is 0 Å². The molecule has 1 nitrogen and oxygen atoms in total. The number of nitrogens with one attached hydrogen (secondary N) is 1. The summed E-state index contributed by atoms with van der Waals surface area (Å²) in [6.07, 6.45) is 4.19. The Hall–Kier alpha value is -1.15. The molecule has 1 rings (SSSR count). The molecular formula is C14H19NS. The lowest BCUT2D eigenvalue weighted by Crippen LogP contribution is -2.20. The number of rotatable bonds is 5. The molecule has 0 heterocycles. The largest absolute Gasteiger partial charge is 0.376 e. The highest BCUT2D eigenvalue weighted by Gasteiger charge is 1.95. The summed E-state index contributed by atoms with van der Waals surface area (Å²) >= 11 is 5.26. The second kappa shape index (κ2) is 7.18. The van der Waals surface area contributed by atoms with Crippen LogP contribution in [0.4, 0.5) is 0 Å². The van der Waals surface area contributed by atoms with Crippen molar-refractivity contribution >= 4 is 17.2 Å². The van der Waals surface area contributed by atoms with E-state index in [1.165, 1.54) is 11.1 Å². The van der Waals surface area contributed by atoms with E-state index in [1.54, 1.807) is 0 Å². The van der Waals surface area contributed by atoms with Crippen molar-refractivity contribution in [3.05, 3.63) is 47.5 Å². The van der Waals surface area contributed by atoms with Gasteiger partial charge in [0, 0.05) is 13.0 Å². The maximum Gasteiger partial charge on any atom is 0.0759 e. The van der Waals surface area contributed by atoms with Gasteiger partial charge in [-0.05, 0) is 25.8 Å². The van der Waals surface area contributed by atoms with E-state index in [2.05, 4.69) is 37.4 Å². The minimum atomic E-state index is 0.828. The lowest BCUT2D eigenvalue weighted by molar-refractivity contribution is 0.892. The van der Waals surface area contributed by atoms with Crippen LogP contribution in [0, 0.1) is 0 Å². The molecule has 0 fully saturated rings. The lowest BCUT2D eigenvalue weighted by Gasteiger charge is -2.06. The van der Waals surface area contributed by atoms with Gasteiger partial charge >= 0.3 is 0 Å². The molecule has 1 aromatic rings. The first-order chi connectivity index (χ1) is 7.68. The molecule has 0 radical (unpaired) electrons. The van der Waals surface area contributed by atoms with Crippen LogP contribution in [0.25, 0.3) is 0 Å². The van der Waals surface area contributed by atoms with Crippen LogP contribution in [0.2, 0.25) is 0 Å². The van der Waals surface area contributed by atoms with Gasteiger partial charge in [-0.1, -0.05) is 54.2 Å². The highest BCUT2D eigenvalue weighted by molar-refractivity contribution is 7.80. The van der Waals surface area contributed by atoms with Crippen molar-refractivity contribution in [1.29, 1.82) is 0 Å². The summed E-state index contributed by atoms with van der Waals surface area (Å²) < 4.78 is 0. The predicted molar refractivity (Wildman–Crippen MR) is 74.5 cm³/mol. The molecule has 0 aromatic heterocycles. The van der Waals surface area contributed by atoms with Crippen LogP contribution in [-0.4, -0.2) is 4.99 Å². The molecule has 0 spiro atoms. The molecule has 0 atom stereocenters. The van der Waals surface area contributed by atoms with Crippen molar-refractivity contribution in [3.63, 3.8) is 0 Å². The molecule has 0 aliphatic rings. The minimum absolute atomic E-state index is 0.828. The summed E-state index contributed by atoms with van der Waals surface area (Å²) in [6, 6.07) is 10.3. The number of benzene rings is 1. The van der Waals surface area contributed by atoms with Crippen LogP contribution in [-0.2, 0) is 6.54 Å². The molecular weight excluding hydrogens is 214 g/mol. The summed E-state index contributed by atoms with van der Waals surface area (Å²) in [5.41, 5.74) is 2.62. The smallest absolute Gasteiger partial charge is 0.0759 e. The molecule has 1 aromatic carbocycles. The van der Waals surface area contributed by atoms with Crippen LogP contribution in [0.3, 0.4) is 0 Å². The van der Waals surface area contributed by atoms with E-state index >= 15 is 0 Å². The fraction of sp³-hybridized carbons (Fsp3) is 0.357. The fourth-order valence-corrected chi connectivity index (χ4v) is 1.57. The van der Waals surface area contributed by atoms with E-state index in [0.29, 0.717) is 0 Å². The number of thiocarbonyl (C=S) groups is 1. The number of hydrogen-bond acceptors (Lipinski definition) is 1. The molecule has 0 unspecified atom stereocenters. The third-order valence-electron chi connectivity index (χ3n) is 2.26. The van der Waals surface area contributed by atoms with Crippen LogP contribution < -0.4 is 5.32 Å². The lowest BCUT2D eigenvalue weighted by atomic mass is 10.2. The van der Waals surface area contributed by atoms with E-state index < -0.39 is 0 Å². The van der Waals surface area contributed by atoms with Crippen molar-refractivity contribution in [2.45, 2.75) is 33.2 Å². The Morgan fingerprint density at radius 1 is 1.25 bits per heavy atom. The normalized spacial score (nSPS) is 9.62. The van der Waals surface area contributed by atoms with Crippen LogP contribution in [0.15, 0.2) is 42.0 Å². The van der Waals surface area contributed by atoms with Gasteiger partial charge in [0.15, 0.2) is 0 Å². The quantitative estimate of drug-likeness (QED) is 0.612. The van der Waals surface area contributed by atoms with Gasteiger partial charge in [0.2, 0.25) is 0 Å². The molecule has 0 aliphatic carbocycles. The van der Waals surface area contributed by atoms with Gasteiger partial charge in [-0.3, -0.25) is 0 Å². The third-order valence-corrected chi connectivity index (χ3v) is 2.60. The van der Waals surface area contributed by atoms with E-state index in [-0.39, 0.29) is 0 Å². The molecule has 2 heteroatoms. The van der Waals surface area contributed by atoms with Crippen molar-refractivity contribution in [2.24, 2.45) is 0 Å². The van der Waals surface area contributed by atoms with Gasteiger partial charge in [0.1, 0.15) is 0 Å². The summed E-state index contributed by atoms with van der Waals surface area (Å²) in [5.74, 6) is 0. The second-order valence-electron chi connectivity index (χ2n) is 4.08. The maximum atomic E-state index is 5.26. The van der Waals surface area contributed by atoms with E-state index in [1.807, 2.05) is 18.2 Å². The standard InChI is InChI=1S/C14H19NS/c1-12(2)7-6-10-14(16)15-11-13-8-4-3-5-9-13/h3-5,7-9H,6,10-11H2,1-2H3,(H,15,16). The van der Waals surface area contributed by atoms with E-state index in [0.717, 1.165) is 24.4 Å². The molecule has 86 valence electrons. The maximum absolute atomic E-state index is 5.26. The first kappa shape index (κ1) is 12.9. The molecule has 0 bridgehead atoms. The summed E-state index contributed by atoms with van der Waals surface area (Å²) in [7, 11) is 0. The van der Waals surface area contributed by atoms with Gasteiger partial charge in [0.05, 0.1) is 4.99 Å². The zero-order valence-electron chi connectivity index (χ0n) is 9.99. The Balaban J connectivity index is 2.23. The van der Waals surface area contributed by atoms with Crippen LogP contribution in [0.1, 0.15) is 32.3 Å². The van der Waals surface area contributed by atoms with Gasteiger partial charge in [0.25, 0.3) is 0 Å². The monoisotopic (exact) mass is 233 g/mol. The van der Waals surface area contributed by atoms with Crippen LogP contribution in [0.5, 0.6) is 0 Å². The van der Waals surface area contributed by atoms with Crippen molar-refractivity contribution in [1.82, 2.24) is 5.32 Å². The average Bonchev–Trinajstić information content (AvgIpc) is 2.27. The average molecular weight is 233 g/mol. The third kappa shape index (κ3) is 5.66. The zero-order valence-corrected chi connectivity index (χ0v) is 10.8. The zero-order chi connectivity index (χ0) is 11.8. The van der Waals surface area contributed by atoms with Gasteiger partial charge in [-0.25, -0.2) is 0 Å². The Morgan fingerprint density at radius 2 is 1.94 bits per heavy atom. The van der Waals surface area contributed by atoms with Gasteiger partial charge in [-0.2, -0.15) is 0 Å². The van der Waals surface area contributed by atoms with Gasteiger partial charge < -0.3 is 5.32 Å². The first-order valence-corrected chi connectivity index (χ1v) is 6.03. The topological polar surface area (TPSA) is 12.0 Å². The number of allylic oxidation sites excluding steroid dienone is 2.